The number of carboxylic acids is 1. The summed E-state index contributed by atoms with van der Waals surface area (Å²) in [5.41, 5.74) is 1.26. The van der Waals surface area contributed by atoms with E-state index in [1.165, 1.54) is 0 Å². The molecule has 1 aromatic heterocycles. The van der Waals surface area contributed by atoms with Crippen LogP contribution in [-0.4, -0.2) is 64.7 Å². The van der Waals surface area contributed by atoms with Crippen molar-refractivity contribution in [1.82, 2.24) is 9.80 Å². The lowest BCUT2D eigenvalue weighted by Crippen LogP contribution is -2.45. The Balaban J connectivity index is 1.42. The van der Waals surface area contributed by atoms with E-state index in [1.54, 1.807) is 9.80 Å². The van der Waals surface area contributed by atoms with Gasteiger partial charge in [-0.15, -0.1) is 0 Å². The highest BCUT2D eigenvalue weighted by Gasteiger charge is 2.44. The average molecular weight is 457 g/mol. The monoisotopic (exact) mass is 456 g/mol. The molecule has 1 aromatic carbocycles. The molecule has 178 valence electrons. The number of benzene rings is 1. The molecule has 0 radical (unpaired) electrons. The van der Waals surface area contributed by atoms with Gasteiger partial charge in [0, 0.05) is 43.4 Å². The van der Waals surface area contributed by atoms with Gasteiger partial charge in [0.25, 0.3) is 0 Å². The molecule has 0 aliphatic carbocycles. The molecule has 8 nitrogen and oxygen atoms in total. The number of furan rings is 1. The lowest BCUT2D eigenvalue weighted by molar-refractivity contribution is -0.142. The second-order valence-electron chi connectivity index (χ2n) is 10.2. The van der Waals surface area contributed by atoms with Crippen molar-refractivity contribution in [3.8, 4) is 0 Å². The number of carbonyl (C=O) groups is 3. The normalized spacial score (nSPS) is 22.1. The summed E-state index contributed by atoms with van der Waals surface area (Å²) in [5, 5.41) is 10.8. The molecule has 2 aliphatic rings. The van der Waals surface area contributed by atoms with Crippen LogP contribution in [0.25, 0.3) is 11.0 Å². The lowest BCUT2D eigenvalue weighted by atomic mass is 9.94. The maximum Gasteiger partial charge on any atom is 0.410 e. The molecular formula is C25H32N2O6. The first-order chi connectivity index (χ1) is 15.5. The summed E-state index contributed by atoms with van der Waals surface area (Å²) >= 11 is 0. The van der Waals surface area contributed by atoms with Gasteiger partial charge in [0.15, 0.2) is 0 Å². The second-order valence-corrected chi connectivity index (χ2v) is 10.2. The van der Waals surface area contributed by atoms with Crippen LogP contribution < -0.4 is 0 Å². The maximum absolute atomic E-state index is 13.2. The topological polar surface area (TPSA) is 100 Å². The van der Waals surface area contributed by atoms with Crippen LogP contribution in [0.2, 0.25) is 0 Å². The van der Waals surface area contributed by atoms with E-state index in [2.05, 4.69) is 0 Å². The molecule has 0 saturated carbocycles. The molecule has 2 fully saturated rings. The number of amides is 2. The van der Waals surface area contributed by atoms with Gasteiger partial charge in [-0.3, -0.25) is 9.59 Å². The number of aliphatic carboxylic acids is 1. The average Bonchev–Trinajstić information content (AvgIpc) is 3.36. The Hall–Kier alpha value is -3.03. The molecule has 0 bridgehead atoms. The maximum atomic E-state index is 13.2. The number of carbonyl (C=O) groups excluding carboxylic acids is 2. The highest BCUT2D eigenvalue weighted by atomic mass is 16.6. The predicted molar refractivity (Wildman–Crippen MR) is 122 cm³/mol. The van der Waals surface area contributed by atoms with Crippen molar-refractivity contribution in [2.75, 3.05) is 26.2 Å². The van der Waals surface area contributed by atoms with Gasteiger partial charge in [0.2, 0.25) is 5.91 Å². The lowest BCUT2D eigenvalue weighted by Gasteiger charge is -2.34. The van der Waals surface area contributed by atoms with E-state index in [9.17, 15) is 19.5 Å². The van der Waals surface area contributed by atoms with E-state index in [0.29, 0.717) is 38.2 Å². The Kier molecular flexibility index (Phi) is 6.12. The summed E-state index contributed by atoms with van der Waals surface area (Å²) in [4.78, 5) is 40.8. The van der Waals surface area contributed by atoms with Gasteiger partial charge in [0.1, 0.15) is 16.9 Å². The third-order valence-corrected chi connectivity index (χ3v) is 6.50. The number of rotatable bonds is 3. The number of aryl methyl sites for hydroxylation is 1. The first-order valence-electron chi connectivity index (χ1n) is 11.5. The zero-order chi connectivity index (χ0) is 23.9. The number of piperidine rings is 1. The summed E-state index contributed by atoms with van der Waals surface area (Å²) in [5.74, 6) is -1.68. The van der Waals surface area contributed by atoms with E-state index in [1.807, 2.05) is 52.0 Å². The largest absolute Gasteiger partial charge is 0.481 e. The number of fused-ring (bicyclic) bond motifs is 1. The van der Waals surface area contributed by atoms with Crippen LogP contribution in [0, 0.1) is 18.8 Å². The fourth-order valence-corrected chi connectivity index (χ4v) is 4.78. The summed E-state index contributed by atoms with van der Waals surface area (Å²) in [6.07, 6.45) is 0.725. The first-order valence-corrected chi connectivity index (χ1v) is 11.5. The number of carboxylic acid groups (broad SMARTS) is 1. The van der Waals surface area contributed by atoms with Crippen LogP contribution in [0.15, 0.2) is 28.7 Å². The van der Waals surface area contributed by atoms with E-state index >= 15 is 0 Å². The molecule has 1 N–H and O–H groups in total. The number of likely N-dealkylation sites (tertiary alicyclic amines) is 2. The molecular weight excluding hydrogens is 424 g/mol. The molecule has 0 unspecified atom stereocenters. The first kappa shape index (κ1) is 23.1. The van der Waals surface area contributed by atoms with Gasteiger partial charge in [-0.2, -0.15) is 0 Å². The molecule has 4 rings (SSSR count). The molecule has 2 amide bonds. The minimum atomic E-state index is -0.924. The molecule has 2 atom stereocenters. The van der Waals surface area contributed by atoms with Crippen LogP contribution in [0.5, 0.6) is 0 Å². The van der Waals surface area contributed by atoms with E-state index < -0.39 is 17.5 Å². The van der Waals surface area contributed by atoms with Gasteiger partial charge in [-0.1, -0.05) is 11.6 Å². The Bertz CT molecular complexity index is 1060. The van der Waals surface area contributed by atoms with E-state index in [4.69, 9.17) is 9.15 Å². The zero-order valence-corrected chi connectivity index (χ0v) is 19.7. The molecule has 2 aromatic rings. The Labute approximate surface area is 193 Å². The van der Waals surface area contributed by atoms with Crippen LogP contribution >= 0.6 is 0 Å². The number of hydrogen-bond donors (Lipinski definition) is 1. The zero-order valence-electron chi connectivity index (χ0n) is 19.7. The molecule has 8 heteroatoms. The Morgan fingerprint density at radius 1 is 1.06 bits per heavy atom. The van der Waals surface area contributed by atoms with Crippen LogP contribution in [-0.2, 0) is 14.3 Å². The van der Waals surface area contributed by atoms with Crippen molar-refractivity contribution in [2.45, 2.75) is 52.1 Å². The second kappa shape index (κ2) is 8.72. The van der Waals surface area contributed by atoms with Crippen molar-refractivity contribution in [3.05, 3.63) is 35.6 Å². The van der Waals surface area contributed by atoms with Crippen molar-refractivity contribution >= 4 is 28.9 Å². The minimum Gasteiger partial charge on any atom is -0.481 e. The van der Waals surface area contributed by atoms with Crippen LogP contribution in [0.4, 0.5) is 4.79 Å². The van der Waals surface area contributed by atoms with Gasteiger partial charge in [-0.05, 0) is 58.7 Å². The number of nitrogens with zero attached hydrogens (tertiary/aromatic N) is 2. The summed E-state index contributed by atoms with van der Waals surface area (Å²) in [6.45, 7) is 8.87. The van der Waals surface area contributed by atoms with Crippen molar-refractivity contribution in [2.24, 2.45) is 11.8 Å². The highest BCUT2D eigenvalue weighted by Crippen LogP contribution is 2.37. The number of ether oxygens (including phenoxy) is 1. The molecule has 3 heterocycles. The smallest absolute Gasteiger partial charge is 0.410 e. The van der Waals surface area contributed by atoms with E-state index in [0.717, 1.165) is 16.5 Å². The molecule has 0 spiro atoms. The van der Waals surface area contributed by atoms with Crippen molar-refractivity contribution in [3.63, 3.8) is 0 Å². The summed E-state index contributed by atoms with van der Waals surface area (Å²) in [6, 6.07) is 7.75. The summed E-state index contributed by atoms with van der Waals surface area (Å²) in [7, 11) is 0. The molecule has 33 heavy (non-hydrogen) atoms. The Morgan fingerprint density at radius 2 is 1.76 bits per heavy atom. The molecule has 2 saturated heterocycles. The van der Waals surface area contributed by atoms with Crippen molar-refractivity contribution in [1.29, 1.82) is 0 Å². The van der Waals surface area contributed by atoms with Crippen LogP contribution in [0.1, 0.15) is 50.9 Å². The van der Waals surface area contributed by atoms with Gasteiger partial charge in [0.05, 0.1) is 5.92 Å². The van der Waals surface area contributed by atoms with Gasteiger partial charge >= 0.3 is 12.1 Å². The predicted octanol–water partition coefficient (Wildman–Crippen LogP) is 4.01. The Morgan fingerprint density at radius 3 is 2.39 bits per heavy atom. The minimum absolute atomic E-state index is 0.0421. The fraction of sp³-hybridized carbons (Fsp3) is 0.560. The third kappa shape index (κ3) is 4.99. The van der Waals surface area contributed by atoms with Gasteiger partial charge < -0.3 is 24.1 Å². The van der Waals surface area contributed by atoms with Crippen molar-refractivity contribution < 1.29 is 28.6 Å². The fourth-order valence-electron chi connectivity index (χ4n) is 4.78. The number of hydrogen-bond acceptors (Lipinski definition) is 5. The SMILES string of the molecule is Cc1ccc2oc([C@H]3CN(C(=O)C4CCN(C(=O)OC(C)(C)C)CC4)C[C@@H]3C(=O)O)cc2c1. The standard InChI is InChI=1S/C25H32N2O6/c1-15-5-6-20-17(11-15)12-21(32-20)18-13-27(14-19(18)23(29)30)22(28)16-7-9-26(10-8-16)24(31)33-25(2,3)4/h5-6,11-12,16,18-19H,7-10,13-14H2,1-4H3,(H,29,30)/t18-,19-/m0/s1. The van der Waals surface area contributed by atoms with Crippen LogP contribution in [0.3, 0.4) is 0 Å². The summed E-state index contributed by atoms with van der Waals surface area (Å²) < 4.78 is 11.4. The quantitative estimate of drug-likeness (QED) is 0.749. The van der Waals surface area contributed by atoms with E-state index in [-0.39, 0.29) is 30.4 Å². The highest BCUT2D eigenvalue weighted by molar-refractivity contribution is 5.83. The molecule has 2 aliphatic heterocycles. The third-order valence-electron chi connectivity index (χ3n) is 6.50. The van der Waals surface area contributed by atoms with Gasteiger partial charge in [-0.25, -0.2) is 4.79 Å².